The fourth-order valence-corrected chi connectivity index (χ4v) is 2.43. The fourth-order valence-electron chi connectivity index (χ4n) is 2.20. The average Bonchev–Trinajstić information content (AvgIpc) is 2.60. The zero-order valence-electron chi connectivity index (χ0n) is 13.3. The highest BCUT2D eigenvalue weighted by molar-refractivity contribution is 6.30. The maximum absolute atomic E-state index is 13.7. The van der Waals surface area contributed by atoms with Crippen LogP contribution in [0.2, 0.25) is 5.02 Å². The first-order valence-electron chi connectivity index (χ1n) is 7.44. The molecule has 0 spiro atoms. The Balaban J connectivity index is 1.79. The summed E-state index contributed by atoms with van der Waals surface area (Å²) in [6, 6.07) is 12.8. The Hall–Kier alpha value is -2.99. The normalized spacial score (nSPS) is 10.4. The molecule has 0 aliphatic rings. The molecule has 0 radical (unpaired) electrons. The van der Waals surface area contributed by atoms with Gasteiger partial charge in [0.05, 0.1) is 5.69 Å². The second kappa shape index (κ2) is 7.27. The lowest BCUT2D eigenvalue weighted by Gasteiger charge is -2.10. The van der Waals surface area contributed by atoms with Gasteiger partial charge in [0.25, 0.3) is 5.91 Å². The molecule has 0 unspecified atom stereocenters. The lowest BCUT2D eigenvalue weighted by atomic mass is 10.2. The van der Waals surface area contributed by atoms with Gasteiger partial charge in [-0.1, -0.05) is 23.7 Å². The predicted molar refractivity (Wildman–Crippen MR) is 95.9 cm³/mol. The van der Waals surface area contributed by atoms with Crippen molar-refractivity contribution in [1.29, 1.82) is 0 Å². The van der Waals surface area contributed by atoms with Crippen LogP contribution in [0.1, 0.15) is 16.1 Å². The summed E-state index contributed by atoms with van der Waals surface area (Å²) in [6.45, 7) is 1.84. The van der Waals surface area contributed by atoms with Crippen LogP contribution in [-0.2, 0) is 0 Å². The SMILES string of the molecule is Cc1cc(Cl)ccc1NC(=O)c1cc(Nc2ccccc2F)ncn1. The van der Waals surface area contributed by atoms with E-state index < -0.39 is 11.7 Å². The molecule has 1 heterocycles. The first-order valence-corrected chi connectivity index (χ1v) is 7.82. The van der Waals surface area contributed by atoms with E-state index in [-0.39, 0.29) is 11.4 Å². The number of nitrogens with zero attached hydrogens (tertiary/aromatic N) is 2. The third kappa shape index (κ3) is 4.10. The van der Waals surface area contributed by atoms with Gasteiger partial charge in [0.15, 0.2) is 0 Å². The number of carbonyl (C=O) groups is 1. The summed E-state index contributed by atoms with van der Waals surface area (Å²) in [4.78, 5) is 20.4. The summed E-state index contributed by atoms with van der Waals surface area (Å²) in [5, 5.41) is 6.18. The second-order valence-electron chi connectivity index (χ2n) is 5.31. The molecule has 5 nitrogen and oxygen atoms in total. The third-order valence-corrected chi connectivity index (χ3v) is 3.71. The third-order valence-electron chi connectivity index (χ3n) is 3.47. The van der Waals surface area contributed by atoms with E-state index in [1.165, 1.54) is 18.5 Å². The Labute approximate surface area is 148 Å². The van der Waals surface area contributed by atoms with Crippen LogP contribution in [0.15, 0.2) is 54.9 Å². The van der Waals surface area contributed by atoms with Gasteiger partial charge < -0.3 is 10.6 Å². The van der Waals surface area contributed by atoms with Crippen LogP contribution in [0.25, 0.3) is 0 Å². The molecule has 0 aliphatic heterocycles. The van der Waals surface area contributed by atoms with Crippen molar-refractivity contribution >= 4 is 34.7 Å². The molecule has 3 aromatic rings. The maximum atomic E-state index is 13.7. The summed E-state index contributed by atoms with van der Waals surface area (Å²) < 4.78 is 13.7. The number of benzene rings is 2. The second-order valence-corrected chi connectivity index (χ2v) is 5.74. The summed E-state index contributed by atoms with van der Waals surface area (Å²) >= 11 is 5.91. The van der Waals surface area contributed by atoms with Crippen molar-refractivity contribution < 1.29 is 9.18 Å². The molecule has 126 valence electrons. The van der Waals surface area contributed by atoms with Crippen molar-refractivity contribution in [1.82, 2.24) is 9.97 Å². The van der Waals surface area contributed by atoms with Crippen LogP contribution in [-0.4, -0.2) is 15.9 Å². The Morgan fingerprint density at radius 2 is 1.88 bits per heavy atom. The van der Waals surface area contributed by atoms with Gasteiger partial charge in [-0.2, -0.15) is 0 Å². The molecule has 25 heavy (non-hydrogen) atoms. The van der Waals surface area contributed by atoms with E-state index in [0.29, 0.717) is 16.5 Å². The molecule has 1 amide bonds. The molecule has 1 aromatic heterocycles. The van der Waals surface area contributed by atoms with Crippen molar-refractivity contribution in [3.8, 4) is 0 Å². The molecule has 0 saturated carbocycles. The molecular formula is C18H14ClFN4O. The highest BCUT2D eigenvalue weighted by Crippen LogP contribution is 2.21. The summed E-state index contributed by atoms with van der Waals surface area (Å²) in [7, 11) is 0. The number of aromatic nitrogens is 2. The number of aryl methyl sites for hydroxylation is 1. The first-order chi connectivity index (χ1) is 12.0. The summed E-state index contributed by atoms with van der Waals surface area (Å²) in [5.41, 5.74) is 1.89. The van der Waals surface area contributed by atoms with Gasteiger partial charge in [0.1, 0.15) is 23.7 Å². The van der Waals surface area contributed by atoms with Crippen LogP contribution < -0.4 is 10.6 Å². The highest BCUT2D eigenvalue weighted by Gasteiger charge is 2.11. The Morgan fingerprint density at radius 3 is 2.64 bits per heavy atom. The van der Waals surface area contributed by atoms with Gasteiger partial charge in [0, 0.05) is 16.8 Å². The van der Waals surface area contributed by atoms with Crippen molar-refractivity contribution in [3.05, 3.63) is 77.0 Å². The number of halogens is 2. The average molecular weight is 357 g/mol. The quantitative estimate of drug-likeness (QED) is 0.718. The topological polar surface area (TPSA) is 66.9 Å². The number of nitrogens with one attached hydrogen (secondary N) is 2. The molecule has 0 saturated heterocycles. The van der Waals surface area contributed by atoms with Crippen LogP contribution in [0.3, 0.4) is 0 Å². The zero-order valence-corrected chi connectivity index (χ0v) is 14.0. The number of carbonyl (C=O) groups excluding carboxylic acids is 1. The van der Waals surface area contributed by atoms with Gasteiger partial charge >= 0.3 is 0 Å². The predicted octanol–water partition coefficient (Wildman–Crippen LogP) is 4.57. The Morgan fingerprint density at radius 1 is 1.08 bits per heavy atom. The van der Waals surface area contributed by atoms with Gasteiger partial charge in [-0.05, 0) is 42.8 Å². The number of para-hydroxylation sites is 1. The van der Waals surface area contributed by atoms with Crippen molar-refractivity contribution in [2.75, 3.05) is 10.6 Å². The minimum atomic E-state index is -0.413. The van der Waals surface area contributed by atoms with E-state index in [0.717, 1.165) is 5.56 Å². The summed E-state index contributed by atoms with van der Waals surface area (Å²) in [6.07, 6.45) is 1.24. The van der Waals surface area contributed by atoms with E-state index >= 15 is 0 Å². The molecule has 3 rings (SSSR count). The number of hydrogen-bond donors (Lipinski definition) is 2. The molecule has 0 atom stereocenters. The molecule has 0 bridgehead atoms. The van der Waals surface area contributed by atoms with Crippen molar-refractivity contribution in [2.45, 2.75) is 6.92 Å². The van der Waals surface area contributed by atoms with Crippen molar-refractivity contribution in [3.63, 3.8) is 0 Å². The van der Waals surface area contributed by atoms with E-state index in [9.17, 15) is 9.18 Å². The smallest absolute Gasteiger partial charge is 0.274 e. The molecular weight excluding hydrogens is 343 g/mol. The lowest BCUT2D eigenvalue weighted by Crippen LogP contribution is -2.15. The standard InChI is InChI=1S/C18H14ClFN4O/c1-11-8-12(19)6-7-14(11)24-18(25)16-9-17(22-10-21-16)23-15-5-3-2-4-13(15)20/h2-10H,1H3,(H,24,25)(H,21,22,23). The minimum absolute atomic E-state index is 0.156. The number of amides is 1. The van der Waals surface area contributed by atoms with Gasteiger partial charge in [-0.25, -0.2) is 14.4 Å². The van der Waals surface area contributed by atoms with E-state index in [1.54, 1.807) is 36.4 Å². The van der Waals surface area contributed by atoms with Crippen LogP contribution >= 0.6 is 11.6 Å². The van der Waals surface area contributed by atoms with E-state index in [1.807, 2.05) is 6.92 Å². The monoisotopic (exact) mass is 356 g/mol. The minimum Gasteiger partial charge on any atom is -0.338 e. The molecule has 2 aromatic carbocycles. The summed E-state index contributed by atoms with van der Waals surface area (Å²) in [5.74, 6) is -0.494. The van der Waals surface area contributed by atoms with Crippen LogP contribution in [0.5, 0.6) is 0 Å². The zero-order chi connectivity index (χ0) is 17.8. The fraction of sp³-hybridized carbons (Fsp3) is 0.0556. The maximum Gasteiger partial charge on any atom is 0.274 e. The van der Waals surface area contributed by atoms with Gasteiger partial charge in [0.2, 0.25) is 0 Å². The van der Waals surface area contributed by atoms with Gasteiger partial charge in [-0.15, -0.1) is 0 Å². The van der Waals surface area contributed by atoms with E-state index in [4.69, 9.17) is 11.6 Å². The highest BCUT2D eigenvalue weighted by atomic mass is 35.5. The Bertz CT molecular complexity index is 932. The molecule has 0 aliphatic carbocycles. The largest absolute Gasteiger partial charge is 0.338 e. The number of rotatable bonds is 4. The first kappa shape index (κ1) is 16.9. The number of anilines is 3. The molecule has 0 fully saturated rings. The molecule has 7 heteroatoms. The van der Waals surface area contributed by atoms with Crippen molar-refractivity contribution in [2.24, 2.45) is 0 Å². The number of hydrogen-bond acceptors (Lipinski definition) is 4. The van der Waals surface area contributed by atoms with E-state index in [2.05, 4.69) is 20.6 Å². The Kier molecular flexibility index (Phi) is 4.90. The molecule has 2 N–H and O–H groups in total. The lowest BCUT2D eigenvalue weighted by molar-refractivity contribution is 0.102. The van der Waals surface area contributed by atoms with Crippen LogP contribution in [0, 0.1) is 12.7 Å². The van der Waals surface area contributed by atoms with Gasteiger partial charge in [-0.3, -0.25) is 4.79 Å². The van der Waals surface area contributed by atoms with Crippen LogP contribution in [0.4, 0.5) is 21.6 Å².